The van der Waals surface area contributed by atoms with E-state index in [1.165, 1.54) is 5.01 Å². The molecule has 0 aliphatic carbocycles. The van der Waals surface area contributed by atoms with Crippen molar-refractivity contribution in [2.45, 2.75) is 57.4 Å². The molecular weight excluding hydrogens is 434 g/mol. The molecule has 2 aromatic carbocycles. The van der Waals surface area contributed by atoms with Crippen LogP contribution in [0.3, 0.4) is 0 Å². The lowest BCUT2D eigenvalue weighted by Gasteiger charge is -2.28. The topological polar surface area (TPSA) is 32.7 Å². The monoisotopic (exact) mass is 456 g/mol. The van der Waals surface area contributed by atoms with Crippen molar-refractivity contribution >= 4 is 11.6 Å². The van der Waals surface area contributed by atoms with E-state index in [1.54, 1.807) is 13.8 Å². The molecule has 0 unspecified atom stereocenters. The average Bonchev–Trinajstić information content (AvgIpc) is 3.02. The third kappa shape index (κ3) is 5.49. The van der Waals surface area contributed by atoms with Crippen LogP contribution in [0.25, 0.3) is 0 Å². The van der Waals surface area contributed by atoms with Crippen molar-refractivity contribution in [3.8, 4) is 0 Å². The van der Waals surface area contributed by atoms with Crippen molar-refractivity contribution in [3.05, 3.63) is 70.8 Å². The highest BCUT2D eigenvalue weighted by Crippen LogP contribution is 2.38. The Labute approximate surface area is 181 Å². The molecule has 0 saturated carbocycles. The van der Waals surface area contributed by atoms with Crippen LogP contribution in [0.1, 0.15) is 55.4 Å². The van der Waals surface area contributed by atoms with Crippen molar-refractivity contribution in [2.75, 3.05) is 0 Å². The molecule has 3 rings (SSSR count). The number of amides is 1. The summed E-state index contributed by atoms with van der Waals surface area (Å²) in [5.41, 5.74) is -2.89. The van der Waals surface area contributed by atoms with E-state index in [-0.39, 0.29) is 36.1 Å². The highest BCUT2D eigenvalue weighted by atomic mass is 19.4. The zero-order chi connectivity index (χ0) is 23.7. The van der Waals surface area contributed by atoms with Crippen molar-refractivity contribution < 1.29 is 31.1 Å². The molecule has 0 fully saturated rings. The van der Waals surface area contributed by atoms with Gasteiger partial charge in [-0.15, -0.1) is 0 Å². The van der Waals surface area contributed by atoms with Gasteiger partial charge in [0.2, 0.25) is 5.91 Å². The van der Waals surface area contributed by atoms with E-state index in [1.807, 2.05) is 30.3 Å². The maximum absolute atomic E-state index is 13.2. The van der Waals surface area contributed by atoms with Gasteiger partial charge in [-0.2, -0.15) is 31.4 Å². The molecule has 0 N–H and O–H groups in total. The van der Waals surface area contributed by atoms with Gasteiger partial charge in [0.1, 0.15) is 0 Å². The van der Waals surface area contributed by atoms with Crippen molar-refractivity contribution in [3.63, 3.8) is 0 Å². The van der Waals surface area contributed by atoms with Gasteiger partial charge >= 0.3 is 12.4 Å². The quantitative estimate of drug-likeness (QED) is 0.475. The summed E-state index contributed by atoms with van der Waals surface area (Å²) in [6.07, 6.45) is -8.49. The number of carbonyl (C=O) groups is 1. The maximum Gasteiger partial charge on any atom is 0.416 e. The highest BCUT2D eigenvalue weighted by Gasteiger charge is 2.41. The Hall–Kier alpha value is -2.84. The average molecular weight is 456 g/mol. The Morgan fingerprint density at radius 2 is 1.53 bits per heavy atom. The predicted octanol–water partition coefficient (Wildman–Crippen LogP) is 6.46. The molecule has 32 heavy (non-hydrogen) atoms. The minimum Gasteiger partial charge on any atom is -0.273 e. The minimum atomic E-state index is -4.95. The van der Waals surface area contributed by atoms with Crippen LogP contribution in [0.2, 0.25) is 0 Å². The third-order valence-corrected chi connectivity index (χ3v) is 5.25. The first-order valence-corrected chi connectivity index (χ1v) is 10.0. The van der Waals surface area contributed by atoms with Gasteiger partial charge in [-0.3, -0.25) is 4.79 Å². The maximum atomic E-state index is 13.2. The Morgan fingerprint density at radius 3 is 2.06 bits per heavy atom. The molecule has 0 spiro atoms. The SMILES string of the molecule is CC1(C)CC(c2cc(C(F)(F)F)cc(C(F)(F)F)c2)=NN1C(=O)CCCc1ccccc1. The second-order valence-electron chi connectivity index (χ2n) is 8.38. The summed E-state index contributed by atoms with van der Waals surface area (Å²) in [6, 6.07) is 10.9. The number of aryl methyl sites for hydroxylation is 1. The molecule has 172 valence electrons. The smallest absolute Gasteiger partial charge is 0.273 e. The molecule has 1 aliphatic rings. The number of hydrogen-bond donors (Lipinski definition) is 0. The molecule has 2 aromatic rings. The fraction of sp³-hybridized carbons (Fsp3) is 0.391. The molecule has 0 radical (unpaired) electrons. The van der Waals surface area contributed by atoms with Crippen LogP contribution in [-0.2, 0) is 23.6 Å². The van der Waals surface area contributed by atoms with Gasteiger partial charge in [-0.25, -0.2) is 5.01 Å². The summed E-state index contributed by atoms with van der Waals surface area (Å²) in [6.45, 7) is 3.35. The fourth-order valence-electron chi connectivity index (χ4n) is 3.65. The van der Waals surface area contributed by atoms with Gasteiger partial charge in [0.05, 0.1) is 22.4 Å². The van der Waals surface area contributed by atoms with Crippen LogP contribution in [0, 0.1) is 0 Å². The van der Waals surface area contributed by atoms with E-state index in [4.69, 9.17) is 0 Å². The molecule has 0 aromatic heterocycles. The number of rotatable bonds is 5. The Balaban J connectivity index is 1.84. The number of alkyl halides is 6. The summed E-state index contributed by atoms with van der Waals surface area (Å²) < 4.78 is 79.1. The van der Waals surface area contributed by atoms with E-state index in [2.05, 4.69) is 5.10 Å². The minimum absolute atomic E-state index is 0.0167. The van der Waals surface area contributed by atoms with Gasteiger partial charge in [0.15, 0.2) is 0 Å². The Bertz CT molecular complexity index is 977. The van der Waals surface area contributed by atoms with Gasteiger partial charge in [-0.05, 0) is 56.0 Å². The molecule has 1 aliphatic heterocycles. The highest BCUT2D eigenvalue weighted by molar-refractivity contribution is 6.04. The molecule has 0 saturated heterocycles. The number of carbonyl (C=O) groups excluding carboxylic acids is 1. The third-order valence-electron chi connectivity index (χ3n) is 5.25. The molecule has 0 bridgehead atoms. The van der Waals surface area contributed by atoms with Crippen LogP contribution < -0.4 is 0 Å². The molecule has 3 nitrogen and oxygen atoms in total. The first-order chi connectivity index (χ1) is 14.8. The lowest BCUT2D eigenvalue weighted by molar-refractivity contribution is -0.143. The molecule has 1 amide bonds. The van der Waals surface area contributed by atoms with Crippen molar-refractivity contribution in [1.82, 2.24) is 5.01 Å². The van der Waals surface area contributed by atoms with Crippen molar-refractivity contribution in [2.24, 2.45) is 5.10 Å². The number of hydrogen-bond acceptors (Lipinski definition) is 2. The Morgan fingerprint density at radius 1 is 0.969 bits per heavy atom. The lowest BCUT2D eigenvalue weighted by Crippen LogP contribution is -2.40. The zero-order valence-corrected chi connectivity index (χ0v) is 17.5. The summed E-state index contributed by atoms with van der Waals surface area (Å²) in [4.78, 5) is 12.7. The predicted molar refractivity (Wildman–Crippen MR) is 108 cm³/mol. The van der Waals surface area contributed by atoms with Crippen molar-refractivity contribution in [1.29, 1.82) is 0 Å². The fourth-order valence-corrected chi connectivity index (χ4v) is 3.65. The van der Waals surface area contributed by atoms with Crippen LogP contribution >= 0.6 is 0 Å². The lowest BCUT2D eigenvalue weighted by atomic mass is 9.92. The summed E-state index contributed by atoms with van der Waals surface area (Å²) in [5, 5.41) is 5.33. The van der Waals surface area contributed by atoms with E-state index in [0.29, 0.717) is 25.0 Å². The second-order valence-corrected chi connectivity index (χ2v) is 8.38. The van der Waals surface area contributed by atoms with E-state index in [0.717, 1.165) is 5.56 Å². The number of nitrogens with zero attached hydrogens (tertiary/aromatic N) is 2. The van der Waals surface area contributed by atoms with Crippen LogP contribution in [-0.4, -0.2) is 22.2 Å². The van der Waals surface area contributed by atoms with E-state index < -0.39 is 29.0 Å². The first-order valence-electron chi connectivity index (χ1n) is 10.0. The summed E-state index contributed by atoms with van der Waals surface area (Å²) in [5.74, 6) is -0.330. The van der Waals surface area contributed by atoms with Crippen LogP contribution in [0.15, 0.2) is 53.6 Å². The molecular formula is C23H22F6N2O. The van der Waals surface area contributed by atoms with Gasteiger partial charge in [-0.1, -0.05) is 30.3 Å². The largest absolute Gasteiger partial charge is 0.416 e. The van der Waals surface area contributed by atoms with Gasteiger partial charge in [0.25, 0.3) is 0 Å². The summed E-state index contributed by atoms with van der Waals surface area (Å²) in [7, 11) is 0. The standard InChI is InChI=1S/C23H22F6N2O/c1-21(2)14-19(16-11-17(22(24,25)26)13-18(12-16)23(27,28)29)30-31(21)20(32)10-6-9-15-7-4-3-5-8-15/h3-5,7-8,11-13H,6,9-10,14H2,1-2H3. The van der Waals surface area contributed by atoms with E-state index in [9.17, 15) is 31.1 Å². The Kier molecular flexibility index (Phi) is 6.40. The van der Waals surface area contributed by atoms with Gasteiger partial charge < -0.3 is 0 Å². The molecule has 0 atom stereocenters. The molecule has 1 heterocycles. The molecule has 9 heteroatoms. The van der Waals surface area contributed by atoms with Crippen LogP contribution in [0.5, 0.6) is 0 Å². The normalized spacial score (nSPS) is 16.2. The second kappa shape index (κ2) is 8.60. The number of hydrazone groups is 1. The zero-order valence-electron chi connectivity index (χ0n) is 17.5. The number of halogens is 6. The summed E-state index contributed by atoms with van der Waals surface area (Å²) >= 11 is 0. The van der Waals surface area contributed by atoms with Gasteiger partial charge in [0, 0.05) is 12.8 Å². The first kappa shape index (κ1) is 23.8. The number of benzene rings is 2. The van der Waals surface area contributed by atoms with Crippen LogP contribution in [0.4, 0.5) is 26.3 Å². The van der Waals surface area contributed by atoms with E-state index >= 15 is 0 Å².